The van der Waals surface area contributed by atoms with Crippen LogP contribution in [0.15, 0.2) is 24.3 Å². The van der Waals surface area contributed by atoms with Crippen LogP contribution in [0.5, 0.6) is 0 Å². The van der Waals surface area contributed by atoms with Crippen molar-refractivity contribution in [3.63, 3.8) is 0 Å². The van der Waals surface area contributed by atoms with Gasteiger partial charge in [-0.3, -0.25) is 4.79 Å². The van der Waals surface area contributed by atoms with Crippen molar-refractivity contribution in [2.45, 2.75) is 18.6 Å². The largest absolute Gasteiger partial charge is 0.481 e. The lowest BCUT2D eigenvalue weighted by atomic mass is 10.2. The predicted molar refractivity (Wildman–Crippen MR) is 64.5 cm³/mol. The van der Waals surface area contributed by atoms with E-state index in [4.69, 9.17) is 16.7 Å². The fourth-order valence-electron chi connectivity index (χ4n) is 1.10. The molecule has 0 aromatic heterocycles. The number of thioether (sulfide) groups is 1. The fraction of sp³-hybridized carbons (Fsp3) is 0.364. The molecule has 0 saturated heterocycles. The summed E-state index contributed by atoms with van der Waals surface area (Å²) >= 11 is 7.51. The van der Waals surface area contributed by atoms with Gasteiger partial charge < -0.3 is 5.11 Å². The third kappa shape index (κ3) is 5.70. The van der Waals surface area contributed by atoms with Crippen molar-refractivity contribution in [1.82, 2.24) is 0 Å². The summed E-state index contributed by atoms with van der Waals surface area (Å²) in [7, 11) is 0. The van der Waals surface area contributed by atoms with Crippen LogP contribution in [-0.2, 0) is 10.5 Å². The van der Waals surface area contributed by atoms with Gasteiger partial charge >= 0.3 is 5.97 Å². The van der Waals surface area contributed by atoms with Crippen molar-refractivity contribution in [2.24, 2.45) is 0 Å². The minimum absolute atomic E-state index is 0.258. The molecule has 1 N–H and O–H groups in total. The highest BCUT2D eigenvalue weighted by Gasteiger charge is 1.97. The van der Waals surface area contributed by atoms with Crippen LogP contribution in [-0.4, -0.2) is 16.8 Å². The lowest BCUT2D eigenvalue weighted by Gasteiger charge is -2.01. The predicted octanol–water partition coefficient (Wildman–Crippen LogP) is 3.44. The second-order valence-corrected chi connectivity index (χ2v) is 4.72. The van der Waals surface area contributed by atoms with Gasteiger partial charge in [0, 0.05) is 17.2 Å². The standard InChI is InChI=1S/C11H13ClO2S/c12-10-5-3-9(4-6-10)8-15-7-1-2-11(13)14/h3-6H,1-2,7-8H2,(H,13,14). The van der Waals surface area contributed by atoms with Gasteiger partial charge in [-0.1, -0.05) is 23.7 Å². The third-order valence-corrected chi connectivity index (χ3v) is 3.23. The molecule has 0 radical (unpaired) electrons. The Kier molecular flexibility index (Phi) is 5.58. The lowest BCUT2D eigenvalue weighted by molar-refractivity contribution is -0.137. The van der Waals surface area contributed by atoms with Gasteiger partial charge in [0.15, 0.2) is 0 Å². The second-order valence-electron chi connectivity index (χ2n) is 3.18. The Morgan fingerprint density at radius 1 is 1.33 bits per heavy atom. The Hall–Kier alpha value is -0.670. The SMILES string of the molecule is O=C(O)CCCSCc1ccc(Cl)cc1. The Bertz CT molecular complexity index is 311. The number of rotatable bonds is 6. The summed E-state index contributed by atoms with van der Waals surface area (Å²) in [6.45, 7) is 0. The molecule has 2 nitrogen and oxygen atoms in total. The topological polar surface area (TPSA) is 37.3 Å². The smallest absolute Gasteiger partial charge is 0.303 e. The maximum Gasteiger partial charge on any atom is 0.303 e. The zero-order valence-electron chi connectivity index (χ0n) is 8.28. The fourth-order valence-corrected chi connectivity index (χ4v) is 2.14. The van der Waals surface area contributed by atoms with Crippen LogP contribution in [0.1, 0.15) is 18.4 Å². The molecule has 15 heavy (non-hydrogen) atoms. The summed E-state index contributed by atoms with van der Waals surface area (Å²) < 4.78 is 0. The van der Waals surface area contributed by atoms with Crippen molar-refractivity contribution in [3.05, 3.63) is 34.9 Å². The minimum atomic E-state index is -0.720. The Morgan fingerprint density at radius 3 is 2.60 bits per heavy atom. The van der Waals surface area contributed by atoms with Crippen LogP contribution in [0.3, 0.4) is 0 Å². The first-order valence-corrected chi connectivity index (χ1v) is 6.26. The molecule has 0 atom stereocenters. The molecule has 0 unspecified atom stereocenters. The van der Waals surface area contributed by atoms with Crippen LogP contribution < -0.4 is 0 Å². The summed E-state index contributed by atoms with van der Waals surface area (Å²) in [5.41, 5.74) is 1.22. The van der Waals surface area contributed by atoms with Crippen molar-refractivity contribution < 1.29 is 9.90 Å². The van der Waals surface area contributed by atoms with Gasteiger partial charge in [0.1, 0.15) is 0 Å². The maximum atomic E-state index is 10.2. The first kappa shape index (κ1) is 12.4. The van der Waals surface area contributed by atoms with Gasteiger partial charge in [-0.2, -0.15) is 11.8 Å². The van der Waals surface area contributed by atoms with Crippen LogP contribution in [0.2, 0.25) is 5.02 Å². The van der Waals surface area contributed by atoms with Crippen molar-refractivity contribution in [1.29, 1.82) is 0 Å². The highest BCUT2D eigenvalue weighted by molar-refractivity contribution is 7.98. The zero-order chi connectivity index (χ0) is 11.1. The highest BCUT2D eigenvalue weighted by atomic mass is 35.5. The number of hydrogen-bond acceptors (Lipinski definition) is 2. The number of benzene rings is 1. The van der Waals surface area contributed by atoms with Gasteiger partial charge in [-0.25, -0.2) is 0 Å². The van der Waals surface area contributed by atoms with Gasteiger partial charge in [0.05, 0.1) is 0 Å². The van der Waals surface area contributed by atoms with Crippen molar-refractivity contribution in [2.75, 3.05) is 5.75 Å². The van der Waals surface area contributed by atoms with E-state index >= 15 is 0 Å². The number of hydrogen-bond donors (Lipinski definition) is 1. The molecule has 1 aromatic carbocycles. The van der Waals surface area contributed by atoms with E-state index in [-0.39, 0.29) is 6.42 Å². The maximum absolute atomic E-state index is 10.2. The van der Waals surface area contributed by atoms with E-state index in [1.165, 1.54) is 5.56 Å². The molecule has 0 aliphatic rings. The van der Waals surface area contributed by atoms with E-state index in [9.17, 15) is 4.79 Å². The van der Waals surface area contributed by atoms with E-state index in [1.807, 2.05) is 24.3 Å². The van der Waals surface area contributed by atoms with E-state index in [1.54, 1.807) is 11.8 Å². The quantitative estimate of drug-likeness (QED) is 0.779. The number of carboxylic acid groups (broad SMARTS) is 1. The monoisotopic (exact) mass is 244 g/mol. The molecule has 0 aliphatic carbocycles. The molecule has 0 saturated carbocycles. The first-order valence-electron chi connectivity index (χ1n) is 4.72. The summed E-state index contributed by atoms with van der Waals surface area (Å²) in [5, 5.41) is 9.18. The molecule has 1 aromatic rings. The summed E-state index contributed by atoms with van der Waals surface area (Å²) in [5.74, 6) is 1.08. The number of carboxylic acids is 1. The lowest BCUT2D eigenvalue weighted by Crippen LogP contribution is -1.95. The summed E-state index contributed by atoms with van der Waals surface area (Å²) in [4.78, 5) is 10.2. The second kappa shape index (κ2) is 6.75. The molecular formula is C11H13ClO2S. The average molecular weight is 245 g/mol. The Labute approximate surface area is 98.6 Å². The Morgan fingerprint density at radius 2 is 2.00 bits per heavy atom. The average Bonchev–Trinajstić information content (AvgIpc) is 2.20. The normalized spacial score (nSPS) is 10.2. The van der Waals surface area contributed by atoms with Crippen LogP contribution in [0.4, 0.5) is 0 Å². The summed E-state index contributed by atoms with van der Waals surface area (Å²) in [6, 6.07) is 7.72. The molecule has 1 rings (SSSR count). The van der Waals surface area contributed by atoms with E-state index < -0.39 is 5.97 Å². The van der Waals surface area contributed by atoms with Gasteiger partial charge in [-0.15, -0.1) is 0 Å². The third-order valence-electron chi connectivity index (χ3n) is 1.86. The van der Waals surface area contributed by atoms with Crippen LogP contribution in [0.25, 0.3) is 0 Å². The van der Waals surface area contributed by atoms with Gasteiger partial charge in [0.2, 0.25) is 0 Å². The molecule has 82 valence electrons. The number of halogens is 1. The molecular weight excluding hydrogens is 232 g/mol. The molecule has 0 aliphatic heterocycles. The van der Waals surface area contributed by atoms with Gasteiger partial charge in [0.25, 0.3) is 0 Å². The van der Waals surface area contributed by atoms with E-state index in [0.717, 1.165) is 22.9 Å². The van der Waals surface area contributed by atoms with Crippen molar-refractivity contribution in [3.8, 4) is 0 Å². The molecule has 0 spiro atoms. The highest BCUT2D eigenvalue weighted by Crippen LogP contribution is 2.16. The van der Waals surface area contributed by atoms with Crippen LogP contribution in [0, 0.1) is 0 Å². The van der Waals surface area contributed by atoms with Crippen molar-refractivity contribution >= 4 is 29.3 Å². The molecule has 4 heteroatoms. The Balaban J connectivity index is 2.15. The van der Waals surface area contributed by atoms with E-state index in [2.05, 4.69) is 0 Å². The first-order chi connectivity index (χ1) is 7.18. The number of carbonyl (C=O) groups is 1. The van der Waals surface area contributed by atoms with E-state index in [0.29, 0.717) is 0 Å². The van der Waals surface area contributed by atoms with Gasteiger partial charge in [-0.05, 0) is 29.9 Å². The zero-order valence-corrected chi connectivity index (χ0v) is 9.85. The molecule has 0 amide bonds. The number of aliphatic carboxylic acids is 1. The minimum Gasteiger partial charge on any atom is -0.481 e. The molecule has 0 fully saturated rings. The molecule has 0 bridgehead atoms. The molecule has 0 heterocycles. The summed E-state index contributed by atoms with van der Waals surface area (Å²) in [6.07, 6.45) is 0.987. The van der Waals surface area contributed by atoms with Crippen LogP contribution >= 0.6 is 23.4 Å².